The van der Waals surface area contributed by atoms with Crippen LogP contribution in [0.1, 0.15) is 32.3 Å². The molecule has 2 unspecified atom stereocenters. The van der Waals surface area contributed by atoms with Gasteiger partial charge in [0.25, 0.3) is 0 Å². The summed E-state index contributed by atoms with van der Waals surface area (Å²) < 4.78 is 10.3. The van der Waals surface area contributed by atoms with Gasteiger partial charge in [0.2, 0.25) is 0 Å². The monoisotopic (exact) mass is 351 g/mol. The van der Waals surface area contributed by atoms with E-state index in [4.69, 9.17) is 9.47 Å². The molecule has 0 amide bonds. The molecule has 1 aromatic rings. The van der Waals surface area contributed by atoms with Crippen molar-refractivity contribution in [2.45, 2.75) is 32.1 Å². The van der Waals surface area contributed by atoms with Crippen LogP contribution in [-0.2, 0) is 14.9 Å². The Morgan fingerprint density at radius 1 is 1.35 bits per heavy atom. The van der Waals surface area contributed by atoms with Gasteiger partial charge in [-0.25, -0.2) is 4.79 Å². The van der Waals surface area contributed by atoms with E-state index in [1.807, 2.05) is 56.3 Å². The molecule has 26 heavy (non-hydrogen) atoms. The fraction of sp³-hybridized carbons (Fsp3) is 0.364. The number of nitriles is 1. The highest BCUT2D eigenvalue weighted by molar-refractivity contribution is 5.82. The molecule has 0 fully saturated rings. The zero-order valence-corrected chi connectivity index (χ0v) is 15.6. The number of benzene rings is 1. The second-order valence-corrected chi connectivity index (χ2v) is 6.45. The Kier molecular flexibility index (Phi) is 6.80. The van der Waals surface area contributed by atoms with E-state index < -0.39 is 11.3 Å². The first-order chi connectivity index (χ1) is 12.5. The van der Waals surface area contributed by atoms with Gasteiger partial charge in [0, 0.05) is 11.5 Å². The van der Waals surface area contributed by atoms with Crippen LogP contribution in [0.4, 0.5) is 0 Å². The molecule has 1 aromatic carbocycles. The summed E-state index contributed by atoms with van der Waals surface area (Å²) in [6.45, 7) is 4.49. The molecule has 4 heteroatoms. The molecule has 2 rings (SSSR count). The van der Waals surface area contributed by atoms with Gasteiger partial charge < -0.3 is 9.47 Å². The molecule has 0 N–H and O–H groups in total. The number of hydrogen-bond donors (Lipinski definition) is 0. The van der Waals surface area contributed by atoms with Crippen molar-refractivity contribution in [2.24, 2.45) is 5.92 Å². The second kappa shape index (κ2) is 9.05. The summed E-state index contributed by atoms with van der Waals surface area (Å²) in [7, 11) is 1.63. The second-order valence-electron chi connectivity index (χ2n) is 6.45. The van der Waals surface area contributed by atoms with Crippen molar-refractivity contribution in [3.8, 4) is 11.8 Å². The predicted molar refractivity (Wildman–Crippen MR) is 102 cm³/mol. The van der Waals surface area contributed by atoms with Crippen molar-refractivity contribution in [2.75, 3.05) is 13.7 Å². The van der Waals surface area contributed by atoms with Crippen molar-refractivity contribution in [3.05, 3.63) is 65.8 Å². The molecule has 0 saturated carbocycles. The van der Waals surface area contributed by atoms with E-state index in [-0.39, 0.29) is 5.97 Å². The molecular weight excluding hydrogens is 326 g/mol. The van der Waals surface area contributed by atoms with Gasteiger partial charge >= 0.3 is 5.97 Å². The lowest BCUT2D eigenvalue weighted by Crippen LogP contribution is -2.31. The normalized spacial score (nSPS) is 21.9. The Morgan fingerprint density at radius 3 is 2.69 bits per heavy atom. The van der Waals surface area contributed by atoms with Crippen molar-refractivity contribution >= 4 is 5.97 Å². The zero-order chi connectivity index (χ0) is 19.0. The minimum absolute atomic E-state index is 0.378. The van der Waals surface area contributed by atoms with Gasteiger partial charge in [0.15, 0.2) is 0 Å². The Morgan fingerprint density at radius 2 is 2.08 bits per heavy atom. The van der Waals surface area contributed by atoms with E-state index in [2.05, 4.69) is 6.07 Å². The number of rotatable bonds is 7. The highest BCUT2D eigenvalue weighted by Gasteiger charge is 2.37. The summed E-state index contributed by atoms with van der Waals surface area (Å²) in [4.78, 5) is 11.8. The standard InChI is InChI=1S/C22H25NO3/c1-4-5-15-26-21(24)13-8-17-7-6-14-22(2,20(17)16-23)18-9-11-19(25-3)12-10-18/h6-14,20H,4-5,15H2,1-3H3/b13-8+. The van der Waals surface area contributed by atoms with Crippen molar-refractivity contribution in [1.29, 1.82) is 5.26 Å². The maximum Gasteiger partial charge on any atom is 0.330 e. The van der Waals surface area contributed by atoms with Gasteiger partial charge in [0.1, 0.15) is 5.75 Å². The molecule has 0 spiro atoms. The number of allylic oxidation sites excluding steroid dienone is 5. The summed E-state index contributed by atoms with van der Waals surface area (Å²) in [6, 6.07) is 10.1. The largest absolute Gasteiger partial charge is 0.497 e. The number of carbonyl (C=O) groups excluding carboxylic acids is 1. The Hall–Kier alpha value is -2.80. The van der Waals surface area contributed by atoms with E-state index in [0.717, 1.165) is 29.7 Å². The summed E-state index contributed by atoms with van der Waals surface area (Å²) in [6.07, 6.45) is 10.7. The van der Waals surface area contributed by atoms with Crippen LogP contribution in [0.15, 0.2) is 60.2 Å². The lowest BCUT2D eigenvalue weighted by molar-refractivity contribution is -0.137. The van der Waals surface area contributed by atoms with Crippen LogP contribution in [0.3, 0.4) is 0 Å². The molecule has 1 aliphatic carbocycles. The number of ether oxygens (including phenoxy) is 2. The first-order valence-corrected chi connectivity index (χ1v) is 8.83. The van der Waals surface area contributed by atoms with Crippen LogP contribution in [0, 0.1) is 17.2 Å². The van der Waals surface area contributed by atoms with Crippen LogP contribution in [0.5, 0.6) is 5.75 Å². The lowest BCUT2D eigenvalue weighted by atomic mass is 9.67. The quantitative estimate of drug-likeness (QED) is 0.413. The van der Waals surface area contributed by atoms with Crippen LogP contribution < -0.4 is 4.74 Å². The Bertz CT molecular complexity index is 753. The molecule has 4 nitrogen and oxygen atoms in total. The zero-order valence-electron chi connectivity index (χ0n) is 15.6. The summed E-state index contributed by atoms with van der Waals surface area (Å²) in [5, 5.41) is 9.80. The van der Waals surface area contributed by atoms with E-state index in [9.17, 15) is 10.1 Å². The molecule has 136 valence electrons. The van der Waals surface area contributed by atoms with Crippen LogP contribution >= 0.6 is 0 Å². The first kappa shape index (κ1) is 19.5. The Labute approximate surface area is 155 Å². The first-order valence-electron chi connectivity index (χ1n) is 8.83. The van der Waals surface area contributed by atoms with Gasteiger partial charge in [-0.1, -0.05) is 56.7 Å². The maximum atomic E-state index is 11.8. The van der Waals surface area contributed by atoms with Gasteiger partial charge in [0.05, 0.1) is 25.7 Å². The third-order valence-electron chi connectivity index (χ3n) is 4.66. The average Bonchev–Trinajstić information content (AvgIpc) is 2.66. The van der Waals surface area contributed by atoms with Crippen molar-refractivity contribution in [3.63, 3.8) is 0 Å². The number of hydrogen-bond acceptors (Lipinski definition) is 4. The maximum absolute atomic E-state index is 11.8. The third-order valence-corrected chi connectivity index (χ3v) is 4.66. The number of nitrogens with zero attached hydrogens (tertiary/aromatic N) is 1. The number of carbonyl (C=O) groups is 1. The Balaban J connectivity index is 2.19. The van der Waals surface area contributed by atoms with Crippen molar-refractivity contribution in [1.82, 2.24) is 0 Å². The van der Waals surface area contributed by atoms with Crippen LogP contribution in [0.2, 0.25) is 0 Å². The fourth-order valence-electron chi connectivity index (χ4n) is 3.00. The van der Waals surface area contributed by atoms with Gasteiger partial charge in [-0.05, 0) is 29.7 Å². The van der Waals surface area contributed by atoms with Gasteiger partial charge in [-0.2, -0.15) is 5.26 Å². The molecule has 0 radical (unpaired) electrons. The van der Waals surface area contributed by atoms with Crippen LogP contribution in [-0.4, -0.2) is 19.7 Å². The number of esters is 1. The molecule has 0 bridgehead atoms. The number of unbranched alkanes of at least 4 members (excludes halogenated alkanes) is 1. The van der Waals surface area contributed by atoms with Crippen molar-refractivity contribution < 1.29 is 14.3 Å². The summed E-state index contributed by atoms with van der Waals surface area (Å²) in [5.41, 5.74) is 1.33. The number of methoxy groups -OCH3 is 1. The minimum atomic E-state index is -0.485. The summed E-state index contributed by atoms with van der Waals surface area (Å²) in [5.74, 6) is -0.00605. The highest BCUT2D eigenvalue weighted by Crippen LogP contribution is 2.41. The SMILES string of the molecule is CCCCOC(=O)/C=C/C1=CC=CC(C)(c2ccc(OC)cc2)C1C#N. The molecule has 0 aliphatic heterocycles. The average molecular weight is 351 g/mol. The smallest absolute Gasteiger partial charge is 0.330 e. The lowest BCUT2D eigenvalue weighted by Gasteiger charge is -2.34. The molecule has 0 aromatic heterocycles. The minimum Gasteiger partial charge on any atom is -0.497 e. The predicted octanol–water partition coefficient (Wildman–Crippen LogP) is 4.49. The van der Waals surface area contributed by atoms with E-state index >= 15 is 0 Å². The molecule has 1 aliphatic rings. The van der Waals surface area contributed by atoms with Crippen LogP contribution in [0.25, 0.3) is 0 Å². The van der Waals surface area contributed by atoms with Gasteiger partial charge in [-0.3, -0.25) is 0 Å². The summed E-state index contributed by atoms with van der Waals surface area (Å²) >= 11 is 0. The molecule has 2 atom stereocenters. The van der Waals surface area contributed by atoms with E-state index in [1.165, 1.54) is 6.08 Å². The van der Waals surface area contributed by atoms with Gasteiger partial charge in [-0.15, -0.1) is 0 Å². The highest BCUT2D eigenvalue weighted by atomic mass is 16.5. The molecule has 0 saturated heterocycles. The van der Waals surface area contributed by atoms with E-state index in [1.54, 1.807) is 13.2 Å². The van der Waals surface area contributed by atoms with E-state index in [0.29, 0.717) is 6.61 Å². The topological polar surface area (TPSA) is 59.3 Å². The molecular formula is C22H25NO3. The third kappa shape index (κ3) is 4.43. The fourth-order valence-corrected chi connectivity index (χ4v) is 3.00. The molecule has 0 heterocycles.